The Labute approximate surface area is 126 Å². The highest BCUT2D eigenvalue weighted by molar-refractivity contribution is 7.59. The first-order valence-corrected chi connectivity index (χ1v) is 8.67. The van der Waals surface area contributed by atoms with E-state index in [1.807, 2.05) is 29.0 Å². The fourth-order valence-corrected chi connectivity index (χ4v) is 3.39. The second kappa shape index (κ2) is 8.19. The Morgan fingerprint density at radius 1 is 1.43 bits per heavy atom. The molecule has 6 heteroatoms. The average Bonchev–Trinajstić information content (AvgIpc) is 2.82. The van der Waals surface area contributed by atoms with Gasteiger partial charge in [0.15, 0.2) is 0 Å². The van der Waals surface area contributed by atoms with E-state index in [1.165, 1.54) is 0 Å². The van der Waals surface area contributed by atoms with Crippen molar-refractivity contribution in [2.75, 3.05) is 13.2 Å². The molecule has 0 spiro atoms. The van der Waals surface area contributed by atoms with E-state index in [1.54, 1.807) is 19.9 Å². The van der Waals surface area contributed by atoms with Crippen molar-refractivity contribution in [3.05, 3.63) is 29.3 Å². The van der Waals surface area contributed by atoms with E-state index in [2.05, 4.69) is 13.8 Å². The standard InChI is InChI=1S/C15H23N2O3P/c1-5-19-21(18,20-6-2)15(11-16)10-14-8-7-9-17(14)12-13(3)4/h7-10,13H,5-6,12H2,1-4H3/b15-10+. The zero-order valence-electron chi connectivity index (χ0n) is 13.1. The molecule has 0 unspecified atom stereocenters. The van der Waals surface area contributed by atoms with Crippen molar-refractivity contribution < 1.29 is 13.6 Å². The summed E-state index contributed by atoms with van der Waals surface area (Å²) in [6, 6.07) is 5.74. The first kappa shape index (κ1) is 17.7. The third kappa shape index (κ3) is 4.86. The van der Waals surface area contributed by atoms with Gasteiger partial charge in [-0.15, -0.1) is 0 Å². The molecule has 1 rings (SSSR count). The minimum absolute atomic E-state index is 0.0370. The summed E-state index contributed by atoms with van der Waals surface area (Å²) < 4.78 is 25.1. The summed E-state index contributed by atoms with van der Waals surface area (Å²) in [5, 5.41) is 9.36. The van der Waals surface area contributed by atoms with Crippen molar-refractivity contribution in [1.82, 2.24) is 4.57 Å². The quantitative estimate of drug-likeness (QED) is 0.531. The number of aromatic nitrogens is 1. The van der Waals surface area contributed by atoms with E-state index in [-0.39, 0.29) is 18.5 Å². The molecule has 0 fully saturated rings. The molecule has 0 N–H and O–H groups in total. The molecule has 0 atom stereocenters. The van der Waals surface area contributed by atoms with Crippen molar-refractivity contribution in [3.8, 4) is 6.07 Å². The smallest absolute Gasteiger partial charge is 0.348 e. The Balaban J connectivity index is 3.17. The van der Waals surface area contributed by atoms with Crippen LogP contribution in [-0.4, -0.2) is 17.8 Å². The summed E-state index contributed by atoms with van der Waals surface area (Å²) in [5.74, 6) is 0.473. The maximum absolute atomic E-state index is 12.7. The van der Waals surface area contributed by atoms with Gasteiger partial charge in [0, 0.05) is 18.4 Å². The van der Waals surface area contributed by atoms with Crippen molar-refractivity contribution in [2.45, 2.75) is 34.2 Å². The van der Waals surface area contributed by atoms with Gasteiger partial charge in [-0.2, -0.15) is 5.26 Å². The molecule has 1 heterocycles. The summed E-state index contributed by atoms with van der Waals surface area (Å²) in [4.78, 5) is 0. The molecule has 116 valence electrons. The molecule has 0 saturated carbocycles. The molecule has 0 aliphatic heterocycles. The Kier molecular flexibility index (Phi) is 6.91. The van der Waals surface area contributed by atoms with Crippen molar-refractivity contribution >= 4 is 13.7 Å². The summed E-state index contributed by atoms with van der Waals surface area (Å²) in [6.45, 7) is 8.95. The number of nitrogens with zero attached hydrogens (tertiary/aromatic N) is 2. The number of allylic oxidation sites excluding steroid dienone is 1. The molecular formula is C15H23N2O3P. The third-order valence-corrected chi connectivity index (χ3v) is 4.73. The van der Waals surface area contributed by atoms with Gasteiger partial charge >= 0.3 is 7.60 Å². The average molecular weight is 310 g/mol. The van der Waals surface area contributed by atoms with Gasteiger partial charge < -0.3 is 13.6 Å². The number of hydrogen-bond acceptors (Lipinski definition) is 4. The second-order valence-electron chi connectivity index (χ2n) is 4.95. The molecule has 0 radical (unpaired) electrons. The Bertz CT molecular complexity index is 560. The molecule has 0 bridgehead atoms. The van der Waals surface area contributed by atoms with Crippen LogP contribution in [0.4, 0.5) is 0 Å². The lowest BCUT2D eigenvalue weighted by Gasteiger charge is -2.16. The van der Waals surface area contributed by atoms with E-state index >= 15 is 0 Å². The van der Waals surface area contributed by atoms with Gasteiger partial charge in [0.2, 0.25) is 0 Å². The summed E-state index contributed by atoms with van der Waals surface area (Å²) in [5.41, 5.74) is 0.819. The van der Waals surface area contributed by atoms with E-state index in [4.69, 9.17) is 9.05 Å². The Hall–Kier alpha value is -1.34. The first-order valence-electron chi connectivity index (χ1n) is 7.13. The van der Waals surface area contributed by atoms with Gasteiger partial charge in [0.1, 0.15) is 11.4 Å². The molecule has 0 aliphatic rings. The zero-order chi connectivity index (χ0) is 15.9. The van der Waals surface area contributed by atoms with E-state index in [0.29, 0.717) is 5.92 Å². The summed E-state index contributed by atoms with van der Waals surface area (Å²) in [7, 11) is -3.54. The molecule has 0 saturated heterocycles. The van der Waals surface area contributed by atoms with E-state index in [9.17, 15) is 9.83 Å². The minimum Gasteiger partial charge on any atom is -0.348 e. The predicted octanol–water partition coefficient (Wildman–Crippen LogP) is 4.27. The van der Waals surface area contributed by atoms with Crippen LogP contribution >= 0.6 is 7.60 Å². The Morgan fingerprint density at radius 3 is 2.52 bits per heavy atom. The minimum atomic E-state index is -3.54. The fourth-order valence-electron chi connectivity index (χ4n) is 1.95. The van der Waals surface area contributed by atoms with Crippen molar-refractivity contribution in [1.29, 1.82) is 5.26 Å². The molecule has 0 aromatic carbocycles. The molecule has 1 aromatic heterocycles. The van der Waals surface area contributed by atoms with E-state index in [0.717, 1.165) is 12.2 Å². The maximum Gasteiger partial charge on any atom is 0.371 e. The van der Waals surface area contributed by atoms with Crippen LogP contribution in [0.1, 0.15) is 33.4 Å². The molecule has 0 amide bonds. The van der Waals surface area contributed by atoms with Crippen LogP contribution in [0.3, 0.4) is 0 Å². The van der Waals surface area contributed by atoms with Gasteiger partial charge in [0.25, 0.3) is 0 Å². The van der Waals surface area contributed by atoms with Crippen molar-refractivity contribution in [2.24, 2.45) is 5.92 Å². The van der Waals surface area contributed by atoms with Crippen LogP contribution in [-0.2, 0) is 20.2 Å². The zero-order valence-corrected chi connectivity index (χ0v) is 14.0. The first-order chi connectivity index (χ1) is 9.96. The topological polar surface area (TPSA) is 64.2 Å². The van der Waals surface area contributed by atoms with Gasteiger partial charge in [0.05, 0.1) is 13.2 Å². The lowest BCUT2D eigenvalue weighted by atomic mass is 10.2. The van der Waals surface area contributed by atoms with Crippen LogP contribution in [0, 0.1) is 17.2 Å². The highest BCUT2D eigenvalue weighted by Gasteiger charge is 2.30. The monoisotopic (exact) mass is 310 g/mol. The van der Waals surface area contributed by atoms with Crippen LogP contribution < -0.4 is 0 Å². The normalized spacial score (nSPS) is 12.7. The molecule has 5 nitrogen and oxygen atoms in total. The third-order valence-electron chi connectivity index (χ3n) is 2.72. The van der Waals surface area contributed by atoms with Crippen LogP contribution in [0.25, 0.3) is 6.08 Å². The van der Waals surface area contributed by atoms with Crippen LogP contribution in [0.5, 0.6) is 0 Å². The molecule has 0 aliphatic carbocycles. The van der Waals surface area contributed by atoms with Gasteiger partial charge in [-0.25, -0.2) is 0 Å². The number of rotatable bonds is 8. The lowest BCUT2D eigenvalue weighted by Crippen LogP contribution is -2.05. The SMILES string of the molecule is CCOP(=O)(OCC)/C(C#N)=C/c1cccn1CC(C)C. The van der Waals surface area contributed by atoms with Crippen LogP contribution in [0.15, 0.2) is 23.6 Å². The lowest BCUT2D eigenvalue weighted by molar-refractivity contribution is 0.227. The fraction of sp³-hybridized carbons (Fsp3) is 0.533. The van der Waals surface area contributed by atoms with Crippen LogP contribution in [0.2, 0.25) is 0 Å². The number of nitriles is 1. The summed E-state index contributed by atoms with van der Waals surface area (Å²) in [6.07, 6.45) is 3.53. The van der Waals surface area contributed by atoms with Gasteiger partial charge in [-0.05, 0) is 38.0 Å². The van der Waals surface area contributed by atoms with Gasteiger partial charge in [-0.1, -0.05) is 13.8 Å². The highest BCUT2D eigenvalue weighted by atomic mass is 31.2. The summed E-state index contributed by atoms with van der Waals surface area (Å²) >= 11 is 0. The molecule has 21 heavy (non-hydrogen) atoms. The predicted molar refractivity (Wildman–Crippen MR) is 83.7 cm³/mol. The van der Waals surface area contributed by atoms with Gasteiger partial charge in [-0.3, -0.25) is 4.57 Å². The van der Waals surface area contributed by atoms with Crippen molar-refractivity contribution in [3.63, 3.8) is 0 Å². The Morgan fingerprint density at radius 2 is 2.05 bits per heavy atom. The number of hydrogen-bond donors (Lipinski definition) is 0. The maximum atomic E-state index is 12.7. The molecular weight excluding hydrogens is 287 g/mol. The second-order valence-corrected chi connectivity index (χ2v) is 6.95. The van der Waals surface area contributed by atoms with E-state index < -0.39 is 7.60 Å². The highest BCUT2D eigenvalue weighted by Crippen LogP contribution is 2.56. The molecule has 1 aromatic rings. The largest absolute Gasteiger partial charge is 0.371 e.